The summed E-state index contributed by atoms with van der Waals surface area (Å²) in [6.07, 6.45) is 22.8. The maximum Gasteiger partial charge on any atom is 0.290 e. The van der Waals surface area contributed by atoms with Crippen LogP contribution in [0.1, 0.15) is 103 Å². The normalized spacial score (nSPS) is 22.1. The Kier molecular flexibility index (Phi) is 9.78. The van der Waals surface area contributed by atoms with Crippen molar-refractivity contribution < 1.29 is 9.90 Å². The standard InChI is InChI=1S/C18H34.CH2O2/c1-2-3-4-9-14-18(15-10-6-11-16-18)17-12-7-5-8-13-17;2-1-3/h17H,2-16H2,1H3;1H,(H,2,3). The minimum atomic E-state index is -0.250. The van der Waals surface area contributed by atoms with Gasteiger partial charge in [0.1, 0.15) is 0 Å². The second-order valence-corrected chi connectivity index (χ2v) is 7.17. The number of hydrogen-bond acceptors (Lipinski definition) is 1. The van der Waals surface area contributed by atoms with Crippen LogP contribution in [0.2, 0.25) is 0 Å². The van der Waals surface area contributed by atoms with E-state index in [1.807, 2.05) is 0 Å². The molecule has 124 valence electrons. The lowest BCUT2D eigenvalue weighted by Gasteiger charge is -2.46. The van der Waals surface area contributed by atoms with Gasteiger partial charge in [-0.05, 0) is 43.4 Å². The van der Waals surface area contributed by atoms with Crippen molar-refractivity contribution in [2.75, 3.05) is 0 Å². The Morgan fingerprint density at radius 1 is 0.952 bits per heavy atom. The van der Waals surface area contributed by atoms with Gasteiger partial charge in [0.2, 0.25) is 0 Å². The van der Waals surface area contributed by atoms with E-state index in [2.05, 4.69) is 6.92 Å². The summed E-state index contributed by atoms with van der Waals surface area (Å²) in [5, 5.41) is 6.89. The molecule has 0 unspecified atom stereocenters. The molecule has 0 spiro atoms. The molecule has 2 rings (SSSR count). The molecule has 1 N–H and O–H groups in total. The van der Waals surface area contributed by atoms with Gasteiger partial charge in [0, 0.05) is 0 Å². The lowest BCUT2D eigenvalue weighted by Crippen LogP contribution is -2.34. The third-order valence-corrected chi connectivity index (χ3v) is 5.85. The second kappa shape index (κ2) is 11.1. The smallest absolute Gasteiger partial charge is 0.290 e. The predicted octanol–water partition coefficient (Wildman–Crippen LogP) is 6.19. The minimum absolute atomic E-state index is 0.250. The summed E-state index contributed by atoms with van der Waals surface area (Å²) in [7, 11) is 0. The maximum absolute atomic E-state index is 8.36. The molecule has 2 nitrogen and oxygen atoms in total. The van der Waals surface area contributed by atoms with E-state index in [1.54, 1.807) is 32.1 Å². The lowest BCUT2D eigenvalue weighted by molar-refractivity contribution is -0.122. The van der Waals surface area contributed by atoms with Crippen LogP contribution in [0.4, 0.5) is 0 Å². The van der Waals surface area contributed by atoms with Gasteiger partial charge in [-0.2, -0.15) is 0 Å². The zero-order chi connectivity index (χ0) is 15.4. The zero-order valence-electron chi connectivity index (χ0n) is 14.1. The molecule has 21 heavy (non-hydrogen) atoms. The number of carboxylic acid groups (broad SMARTS) is 1. The van der Waals surface area contributed by atoms with Crippen LogP contribution in [0.25, 0.3) is 0 Å². The van der Waals surface area contributed by atoms with Gasteiger partial charge < -0.3 is 5.11 Å². The van der Waals surface area contributed by atoms with Gasteiger partial charge in [-0.1, -0.05) is 71.1 Å². The van der Waals surface area contributed by atoms with Crippen LogP contribution in [-0.2, 0) is 4.79 Å². The fourth-order valence-electron chi connectivity index (χ4n) is 4.74. The first-order valence-electron chi connectivity index (χ1n) is 9.37. The van der Waals surface area contributed by atoms with Crippen molar-refractivity contribution in [1.82, 2.24) is 0 Å². The molecular weight excluding hydrogens is 260 g/mol. The molecule has 0 aromatic carbocycles. The van der Waals surface area contributed by atoms with Gasteiger partial charge in [-0.25, -0.2) is 0 Å². The first-order valence-corrected chi connectivity index (χ1v) is 9.37. The van der Waals surface area contributed by atoms with Crippen molar-refractivity contribution in [2.45, 2.75) is 103 Å². The number of carbonyl (C=O) groups is 1. The third kappa shape index (κ3) is 6.40. The average Bonchev–Trinajstić information content (AvgIpc) is 2.54. The highest BCUT2D eigenvalue weighted by molar-refractivity contribution is 5.32. The fraction of sp³-hybridized carbons (Fsp3) is 0.947. The van der Waals surface area contributed by atoms with E-state index in [-0.39, 0.29) is 6.47 Å². The van der Waals surface area contributed by atoms with E-state index in [4.69, 9.17) is 9.90 Å². The second-order valence-electron chi connectivity index (χ2n) is 7.17. The molecule has 0 atom stereocenters. The van der Waals surface area contributed by atoms with E-state index >= 15 is 0 Å². The van der Waals surface area contributed by atoms with E-state index in [1.165, 1.54) is 64.2 Å². The lowest BCUT2D eigenvalue weighted by atomic mass is 9.59. The fourth-order valence-corrected chi connectivity index (χ4v) is 4.74. The molecule has 0 radical (unpaired) electrons. The van der Waals surface area contributed by atoms with Gasteiger partial charge in [-0.15, -0.1) is 0 Å². The van der Waals surface area contributed by atoms with Crippen molar-refractivity contribution in [3.8, 4) is 0 Å². The molecule has 0 aromatic rings. The van der Waals surface area contributed by atoms with Gasteiger partial charge in [0.05, 0.1) is 0 Å². The highest BCUT2D eigenvalue weighted by Gasteiger charge is 2.39. The number of rotatable bonds is 6. The van der Waals surface area contributed by atoms with Crippen molar-refractivity contribution in [2.24, 2.45) is 11.3 Å². The zero-order valence-corrected chi connectivity index (χ0v) is 14.1. The first-order chi connectivity index (χ1) is 10.3. The largest absolute Gasteiger partial charge is 0.483 e. The first kappa shape index (κ1) is 18.5. The van der Waals surface area contributed by atoms with Crippen LogP contribution in [0.5, 0.6) is 0 Å². The molecule has 2 fully saturated rings. The monoisotopic (exact) mass is 296 g/mol. The Balaban J connectivity index is 0.000000677. The molecular formula is C19H36O2. The summed E-state index contributed by atoms with van der Waals surface area (Å²) in [5.41, 5.74) is 0.798. The number of hydrogen-bond donors (Lipinski definition) is 1. The average molecular weight is 296 g/mol. The van der Waals surface area contributed by atoms with Crippen molar-refractivity contribution >= 4 is 6.47 Å². The maximum atomic E-state index is 8.36. The SMILES string of the molecule is CCCCCCC1(C2CCCCC2)CCCCC1.O=CO. The quantitative estimate of drug-likeness (QED) is 0.469. The Hall–Kier alpha value is -0.530. The molecule has 0 heterocycles. The van der Waals surface area contributed by atoms with E-state index < -0.39 is 0 Å². The van der Waals surface area contributed by atoms with Crippen LogP contribution >= 0.6 is 0 Å². The molecule has 0 saturated heterocycles. The summed E-state index contributed by atoms with van der Waals surface area (Å²) in [6.45, 7) is 2.08. The van der Waals surface area contributed by atoms with Gasteiger partial charge in [0.15, 0.2) is 0 Å². The van der Waals surface area contributed by atoms with Gasteiger partial charge >= 0.3 is 0 Å². The topological polar surface area (TPSA) is 37.3 Å². The van der Waals surface area contributed by atoms with Crippen LogP contribution < -0.4 is 0 Å². The Labute approximate surface area is 131 Å². The van der Waals surface area contributed by atoms with Crippen molar-refractivity contribution in [1.29, 1.82) is 0 Å². The van der Waals surface area contributed by atoms with E-state index in [0.29, 0.717) is 0 Å². The summed E-state index contributed by atoms with van der Waals surface area (Å²) in [5.74, 6) is 1.10. The predicted molar refractivity (Wildman–Crippen MR) is 89.5 cm³/mol. The molecule has 2 saturated carbocycles. The molecule has 0 bridgehead atoms. The highest BCUT2D eigenvalue weighted by atomic mass is 16.3. The Bertz CT molecular complexity index is 250. The summed E-state index contributed by atoms with van der Waals surface area (Å²) in [4.78, 5) is 8.36. The molecule has 2 aliphatic rings. The molecule has 2 aliphatic carbocycles. The Morgan fingerprint density at radius 2 is 1.52 bits per heavy atom. The van der Waals surface area contributed by atoms with Crippen LogP contribution in [-0.4, -0.2) is 11.6 Å². The molecule has 2 heteroatoms. The number of unbranched alkanes of at least 4 members (excludes halogenated alkanes) is 3. The van der Waals surface area contributed by atoms with Crippen LogP contribution in [0.15, 0.2) is 0 Å². The summed E-state index contributed by atoms with van der Waals surface area (Å²) >= 11 is 0. The van der Waals surface area contributed by atoms with Gasteiger partial charge in [0.25, 0.3) is 6.47 Å². The Morgan fingerprint density at radius 3 is 2.10 bits per heavy atom. The third-order valence-electron chi connectivity index (χ3n) is 5.85. The van der Waals surface area contributed by atoms with E-state index in [9.17, 15) is 0 Å². The van der Waals surface area contributed by atoms with E-state index in [0.717, 1.165) is 11.3 Å². The minimum Gasteiger partial charge on any atom is -0.483 e. The highest BCUT2D eigenvalue weighted by Crippen LogP contribution is 2.51. The summed E-state index contributed by atoms with van der Waals surface area (Å²) < 4.78 is 0. The molecule has 0 amide bonds. The van der Waals surface area contributed by atoms with Crippen LogP contribution in [0, 0.1) is 11.3 Å². The van der Waals surface area contributed by atoms with Crippen LogP contribution in [0.3, 0.4) is 0 Å². The van der Waals surface area contributed by atoms with Gasteiger partial charge in [-0.3, -0.25) is 4.79 Å². The molecule has 0 aromatic heterocycles. The molecule has 0 aliphatic heterocycles. The summed E-state index contributed by atoms with van der Waals surface area (Å²) in [6, 6.07) is 0. The van der Waals surface area contributed by atoms with Crippen molar-refractivity contribution in [3.63, 3.8) is 0 Å². The van der Waals surface area contributed by atoms with Crippen molar-refractivity contribution in [3.05, 3.63) is 0 Å².